The minimum atomic E-state index is 0.102. The molecule has 0 N–H and O–H groups in total. The predicted molar refractivity (Wildman–Crippen MR) is 117 cm³/mol. The Morgan fingerprint density at radius 3 is 2.60 bits per heavy atom. The molecular weight excluding hydrogens is 376 g/mol. The number of hydrogen-bond donors (Lipinski definition) is 0. The molecule has 1 aliphatic heterocycles. The molecule has 3 aromatic rings. The molecule has 0 aliphatic carbocycles. The summed E-state index contributed by atoms with van der Waals surface area (Å²) in [5.74, 6) is 2.28. The second-order valence-corrected chi connectivity index (χ2v) is 7.63. The summed E-state index contributed by atoms with van der Waals surface area (Å²) in [6, 6.07) is 19.7. The lowest BCUT2D eigenvalue weighted by Gasteiger charge is -2.40. The maximum atomic E-state index is 12.8. The molecule has 4 rings (SSSR count). The summed E-state index contributed by atoms with van der Waals surface area (Å²) in [4.78, 5) is 25.6. The fraction of sp³-hybridized carbons (Fsp3) is 0.292. The Kier molecular flexibility index (Phi) is 5.93. The van der Waals surface area contributed by atoms with Gasteiger partial charge in [0.05, 0.1) is 6.42 Å². The van der Waals surface area contributed by atoms with Gasteiger partial charge in [0, 0.05) is 31.7 Å². The van der Waals surface area contributed by atoms with E-state index in [1.54, 1.807) is 0 Å². The Bertz CT molecular complexity index is 1010. The van der Waals surface area contributed by atoms with Crippen LogP contribution in [0.25, 0.3) is 0 Å². The van der Waals surface area contributed by atoms with Gasteiger partial charge in [0.15, 0.2) is 0 Å². The number of carbonyl (C=O) groups excluding carboxylic acids is 1. The number of benzene rings is 2. The SMILES string of the molecule is Cc1ccccc1Oc1cc(N2CCN(C(=O)Cc3ccccc3)[C@@H](C)C2)ncn1. The number of ether oxygens (including phenoxy) is 1. The smallest absolute Gasteiger partial charge is 0.227 e. The van der Waals surface area contributed by atoms with Crippen molar-refractivity contribution in [2.75, 3.05) is 24.5 Å². The fourth-order valence-electron chi connectivity index (χ4n) is 3.75. The number of anilines is 1. The molecule has 1 fully saturated rings. The van der Waals surface area contributed by atoms with Gasteiger partial charge in [0.2, 0.25) is 11.8 Å². The van der Waals surface area contributed by atoms with E-state index in [1.165, 1.54) is 6.33 Å². The monoisotopic (exact) mass is 402 g/mol. The molecule has 0 spiro atoms. The molecule has 1 amide bonds. The van der Waals surface area contributed by atoms with Crippen molar-refractivity contribution in [3.8, 4) is 11.6 Å². The molecule has 0 bridgehead atoms. The van der Waals surface area contributed by atoms with E-state index in [9.17, 15) is 4.79 Å². The number of carbonyl (C=O) groups is 1. The van der Waals surface area contributed by atoms with Crippen LogP contribution in [-0.4, -0.2) is 46.5 Å². The first-order valence-corrected chi connectivity index (χ1v) is 10.2. The van der Waals surface area contributed by atoms with E-state index in [0.29, 0.717) is 18.8 Å². The molecule has 2 heterocycles. The second kappa shape index (κ2) is 8.95. The van der Waals surface area contributed by atoms with Crippen molar-refractivity contribution >= 4 is 11.7 Å². The Morgan fingerprint density at radius 2 is 1.83 bits per heavy atom. The third-order valence-corrected chi connectivity index (χ3v) is 5.41. The van der Waals surface area contributed by atoms with E-state index in [-0.39, 0.29) is 11.9 Å². The van der Waals surface area contributed by atoms with Crippen LogP contribution >= 0.6 is 0 Å². The zero-order valence-electron chi connectivity index (χ0n) is 17.4. The maximum absolute atomic E-state index is 12.8. The van der Waals surface area contributed by atoms with Gasteiger partial charge in [-0.25, -0.2) is 9.97 Å². The summed E-state index contributed by atoms with van der Waals surface area (Å²) in [6.07, 6.45) is 1.97. The molecule has 1 saturated heterocycles. The highest BCUT2D eigenvalue weighted by atomic mass is 16.5. The lowest BCUT2D eigenvalue weighted by atomic mass is 10.1. The van der Waals surface area contributed by atoms with Crippen LogP contribution < -0.4 is 9.64 Å². The van der Waals surface area contributed by atoms with Gasteiger partial charge >= 0.3 is 0 Å². The molecule has 0 radical (unpaired) electrons. The first kappa shape index (κ1) is 19.9. The zero-order valence-corrected chi connectivity index (χ0v) is 17.4. The minimum absolute atomic E-state index is 0.102. The van der Waals surface area contributed by atoms with Crippen LogP contribution in [0.2, 0.25) is 0 Å². The number of nitrogens with zero attached hydrogens (tertiary/aromatic N) is 4. The van der Waals surface area contributed by atoms with E-state index >= 15 is 0 Å². The highest BCUT2D eigenvalue weighted by Gasteiger charge is 2.28. The molecule has 30 heavy (non-hydrogen) atoms. The molecule has 6 heteroatoms. The molecule has 1 aromatic heterocycles. The van der Waals surface area contributed by atoms with E-state index in [0.717, 1.165) is 35.8 Å². The van der Waals surface area contributed by atoms with Crippen LogP contribution in [0.3, 0.4) is 0 Å². The standard InChI is InChI=1S/C24H26N4O2/c1-18-8-6-7-11-21(18)30-23-15-22(25-17-26-23)27-12-13-28(19(2)16-27)24(29)14-20-9-4-3-5-10-20/h3-11,15,17,19H,12-14,16H2,1-2H3/t19-/m0/s1. The van der Waals surface area contributed by atoms with Crippen molar-refractivity contribution in [2.24, 2.45) is 0 Å². The van der Waals surface area contributed by atoms with Crippen LogP contribution in [-0.2, 0) is 11.2 Å². The molecule has 1 aliphatic rings. The van der Waals surface area contributed by atoms with Gasteiger partial charge in [-0.2, -0.15) is 0 Å². The van der Waals surface area contributed by atoms with Crippen LogP contribution in [0, 0.1) is 6.92 Å². The molecule has 6 nitrogen and oxygen atoms in total. The first-order valence-electron chi connectivity index (χ1n) is 10.2. The average Bonchev–Trinajstić information content (AvgIpc) is 2.76. The second-order valence-electron chi connectivity index (χ2n) is 7.63. The maximum Gasteiger partial charge on any atom is 0.227 e. The largest absolute Gasteiger partial charge is 0.439 e. The van der Waals surface area contributed by atoms with Gasteiger partial charge in [-0.05, 0) is 31.0 Å². The summed E-state index contributed by atoms with van der Waals surface area (Å²) in [7, 11) is 0. The van der Waals surface area contributed by atoms with Gasteiger partial charge in [0.1, 0.15) is 17.9 Å². The normalized spacial score (nSPS) is 16.4. The molecular formula is C24H26N4O2. The Hall–Kier alpha value is -3.41. The van der Waals surface area contributed by atoms with Gasteiger partial charge in [-0.3, -0.25) is 4.79 Å². The van der Waals surface area contributed by atoms with Crippen molar-refractivity contribution in [2.45, 2.75) is 26.3 Å². The quantitative estimate of drug-likeness (QED) is 0.649. The van der Waals surface area contributed by atoms with E-state index in [1.807, 2.05) is 72.5 Å². The lowest BCUT2D eigenvalue weighted by Crippen LogP contribution is -2.54. The van der Waals surface area contributed by atoms with Gasteiger partial charge < -0.3 is 14.5 Å². The van der Waals surface area contributed by atoms with E-state index in [2.05, 4.69) is 21.8 Å². The Balaban J connectivity index is 1.41. The van der Waals surface area contributed by atoms with E-state index in [4.69, 9.17) is 4.74 Å². The summed E-state index contributed by atoms with van der Waals surface area (Å²) >= 11 is 0. The number of hydrogen-bond acceptors (Lipinski definition) is 5. The number of amides is 1. The summed E-state index contributed by atoms with van der Waals surface area (Å²) < 4.78 is 5.95. The summed E-state index contributed by atoms with van der Waals surface area (Å²) in [6.45, 7) is 6.21. The average molecular weight is 402 g/mol. The van der Waals surface area contributed by atoms with Crippen LogP contribution in [0.15, 0.2) is 67.0 Å². The predicted octanol–water partition coefficient (Wildman–Crippen LogP) is 3.86. The van der Waals surface area contributed by atoms with Crippen molar-refractivity contribution < 1.29 is 9.53 Å². The zero-order chi connectivity index (χ0) is 20.9. The van der Waals surface area contributed by atoms with Gasteiger partial charge in [0.25, 0.3) is 0 Å². The van der Waals surface area contributed by atoms with Crippen molar-refractivity contribution in [3.63, 3.8) is 0 Å². The topological polar surface area (TPSA) is 58.6 Å². The Morgan fingerprint density at radius 1 is 1.07 bits per heavy atom. The molecule has 154 valence electrons. The number of rotatable bonds is 5. The summed E-state index contributed by atoms with van der Waals surface area (Å²) in [5, 5.41) is 0. The number of aryl methyl sites for hydroxylation is 1. The number of aromatic nitrogens is 2. The fourth-order valence-corrected chi connectivity index (χ4v) is 3.75. The van der Waals surface area contributed by atoms with Crippen molar-refractivity contribution in [1.29, 1.82) is 0 Å². The van der Waals surface area contributed by atoms with Gasteiger partial charge in [-0.1, -0.05) is 48.5 Å². The van der Waals surface area contributed by atoms with Crippen LogP contribution in [0.1, 0.15) is 18.1 Å². The number of piperazine rings is 1. The first-order chi connectivity index (χ1) is 14.6. The lowest BCUT2D eigenvalue weighted by molar-refractivity contribution is -0.132. The van der Waals surface area contributed by atoms with Crippen molar-refractivity contribution in [1.82, 2.24) is 14.9 Å². The molecule has 0 saturated carbocycles. The van der Waals surface area contributed by atoms with Crippen LogP contribution in [0.4, 0.5) is 5.82 Å². The third-order valence-electron chi connectivity index (χ3n) is 5.41. The summed E-state index contributed by atoms with van der Waals surface area (Å²) in [5.41, 5.74) is 2.10. The highest BCUT2D eigenvalue weighted by Crippen LogP contribution is 2.26. The Labute approximate surface area is 177 Å². The van der Waals surface area contributed by atoms with Crippen molar-refractivity contribution in [3.05, 3.63) is 78.1 Å². The third kappa shape index (κ3) is 4.59. The highest BCUT2D eigenvalue weighted by molar-refractivity contribution is 5.79. The molecule has 0 unspecified atom stereocenters. The van der Waals surface area contributed by atoms with Gasteiger partial charge in [-0.15, -0.1) is 0 Å². The molecule has 1 atom stereocenters. The number of para-hydroxylation sites is 1. The van der Waals surface area contributed by atoms with E-state index < -0.39 is 0 Å². The minimum Gasteiger partial charge on any atom is -0.439 e. The van der Waals surface area contributed by atoms with Crippen LogP contribution in [0.5, 0.6) is 11.6 Å². The molecule has 2 aromatic carbocycles.